The monoisotopic (exact) mass is 267 g/mol. The third-order valence-corrected chi connectivity index (χ3v) is 2.73. The van der Waals surface area contributed by atoms with Gasteiger partial charge in [-0.2, -0.15) is 0 Å². The number of carbonyl (C=O) groups excluding carboxylic acids is 1. The van der Waals surface area contributed by atoms with Gasteiger partial charge in [-0.15, -0.1) is 0 Å². The van der Waals surface area contributed by atoms with E-state index in [0.29, 0.717) is 11.3 Å². The van der Waals surface area contributed by atoms with Crippen LogP contribution in [0.25, 0.3) is 0 Å². The first kappa shape index (κ1) is 13.0. The number of carbonyl (C=O) groups is 1. The Labute approximate surface area is 107 Å². The van der Waals surface area contributed by atoms with Crippen LogP contribution in [0.3, 0.4) is 0 Å². The summed E-state index contributed by atoms with van der Waals surface area (Å²) in [5.74, 6) is -3.05. The van der Waals surface area contributed by atoms with Crippen LogP contribution >= 0.6 is 0 Å². The summed E-state index contributed by atoms with van der Waals surface area (Å²) in [5.41, 5.74) is 5.39. The predicted molar refractivity (Wildman–Crippen MR) is 64.7 cm³/mol. The van der Waals surface area contributed by atoms with Gasteiger partial charge in [0.1, 0.15) is 11.4 Å². The molecule has 5 nitrogen and oxygen atoms in total. The molecular weight excluding hydrogens is 256 g/mol. The topological polar surface area (TPSA) is 81.2 Å². The van der Waals surface area contributed by atoms with Crippen LogP contribution in [0.4, 0.5) is 20.4 Å². The van der Waals surface area contributed by atoms with Gasteiger partial charge in [0, 0.05) is 5.56 Å². The van der Waals surface area contributed by atoms with E-state index in [1.54, 1.807) is 13.8 Å². The van der Waals surface area contributed by atoms with Gasteiger partial charge < -0.3 is 10.3 Å². The van der Waals surface area contributed by atoms with Gasteiger partial charge in [-0.05, 0) is 26.0 Å². The number of nitrogen functional groups attached to an aromatic ring is 1. The fourth-order valence-electron chi connectivity index (χ4n) is 1.47. The molecule has 2 rings (SSSR count). The molecule has 1 aromatic carbocycles. The maximum Gasteiger partial charge on any atom is 0.264 e. The average molecular weight is 267 g/mol. The van der Waals surface area contributed by atoms with Gasteiger partial charge >= 0.3 is 0 Å². The van der Waals surface area contributed by atoms with E-state index in [4.69, 9.17) is 10.3 Å². The maximum atomic E-state index is 13.6. The Bertz CT molecular complexity index is 653. The molecule has 0 atom stereocenters. The van der Waals surface area contributed by atoms with Crippen molar-refractivity contribution in [2.75, 3.05) is 11.1 Å². The molecule has 0 fully saturated rings. The summed E-state index contributed by atoms with van der Waals surface area (Å²) in [7, 11) is 0. The SMILES string of the molecule is Cc1noc(NC(=O)c2c(F)ccc(N)c2F)c1C. The van der Waals surface area contributed by atoms with Crippen LogP contribution in [0.2, 0.25) is 0 Å². The molecule has 0 saturated heterocycles. The van der Waals surface area contributed by atoms with E-state index < -0.39 is 23.1 Å². The third-order valence-electron chi connectivity index (χ3n) is 2.73. The molecular formula is C12H11F2N3O2. The zero-order valence-electron chi connectivity index (χ0n) is 10.3. The number of nitrogens with two attached hydrogens (primary N) is 1. The summed E-state index contributed by atoms with van der Waals surface area (Å²) in [6.45, 7) is 3.34. The highest BCUT2D eigenvalue weighted by Gasteiger charge is 2.21. The van der Waals surface area contributed by atoms with E-state index in [1.165, 1.54) is 0 Å². The highest BCUT2D eigenvalue weighted by atomic mass is 19.1. The Morgan fingerprint density at radius 2 is 2.05 bits per heavy atom. The van der Waals surface area contributed by atoms with E-state index in [-0.39, 0.29) is 11.6 Å². The first-order valence-corrected chi connectivity index (χ1v) is 5.39. The second-order valence-electron chi connectivity index (χ2n) is 4.00. The normalized spacial score (nSPS) is 10.5. The van der Waals surface area contributed by atoms with Crippen molar-refractivity contribution < 1.29 is 18.1 Å². The zero-order valence-corrected chi connectivity index (χ0v) is 10.3. The van der Waals surface area contributed by atoms with E-state index >= 15 is 0 Å². The smallest absolute Gasteiger partial charge is 0.264 e. The molecule has 0 radical (unpaired) electrons. The van der Waals surface area contributed by atoms with E-state index in [0.717, 1.165) is 12.1 Å². The van der Waals surface area contributed by atoms with Crippen molar-refractivity contribution in [3.8, 4) is 0 Å². The summed E-state index contributed by atoms with van der Waals surface area (Å²) < 4.78 is 32.0. The lowest BCUT2D eigenvalue weighted by Gasteiger charge is -2.06. The predicted octanol–water partition coefficient (Wildman–Crippen LogP) is 2.40. The second kappa shape index (κ2) is 4.68. The Hall–Kier alpha value is -2.44. The van der Waals surface area contributed by atoms with Gasteiger partial charge in [0.2, 0.25) is 5.88 Å². The number of hydrogen-bond acceptors (Lipinski definition) is 4. The zero-order chi connectivity index (χ0) is 14.2. The minimum Gasteiger partial charge on any atom is -0.396 e. The molecule has 3 N–H and O–H groups in total. The van der Waals surface area contributed by atoms with Crippen molar-refractivity contribution in [1.29, 1.82) is 0 Å². The van der Waals surface area contributed by atoms with Gasteiger partial charge in [0.25, 0.3) is 5.91 Å². The van der Waals surface area contributed by atoms with Gasteiger partial charge in [-0.1, -0.05) is 5.16 Å². The number of aryl methyl sites for hydroxylation is 1. The maximum absolute atomic E-state index is 13.6. The molecule has 19 heavy (non-hydrogen) atoms. The quantitative estimate of drug-likeness (QED) is 0.819. The first-order chi connectivity index (χ1) is 8.91. The standard InChI is InChI=1S/C12H11F2N3O2/c1-5-6(2)17-19-12(5)16-11(18)9-7(13)3-4-8(15)10(9)14/h3-4H,15H2,1-2H3,(H,16,18). The van der Waals surface area contributed by atoms with E-state index in [1.807, 2.05) is 0 Å². The summed E-state index contributed by atoms with van der Waals surface area (Å²) in [6.07, 6.45) is 0. The summed E-state index contributed by atoms with van der Waals surface area (Å²) in [4.78, 5) is 11.8. The Balaban J connectivity index is 2.36. The van der Waals surface area contributed by atoms with Gasteiger partial charge in [0.05, 0.1) is 11.4 Å². The number of anilines is 2. The molecule has 1 aromatic heterocycles. The van der Waals surface area contributed by atoms with Crippen molar-refractivity contribution in [1.82, 2.24) is 5.16 Å². The van der Waals surface area contributed by atoms with Crippen molar-refractivity contribution in [2.45, 2.75) is 13.8 Å². The Kier molecular flexibility index (Phi) is 3.20. The number of amides is 1. The minimum absolute atomic E-state index is 0.0451. The molecule has 0 bridgehead atoms. The van der Waals surface area contributed by atoms with Crippen LogP contribution in [0, 0.1) is 25.5 Å². The molecule has 1 heterocycles. The second-order valence-corrected chi connectivity index (χ2v) is 4.00. The van der Waals surface area contributed by atoms with Crippen LogP contribution in [0.5, 0.6) is 0 Å². The molecule has 0 aliphatic rings. The lowest BCUT2D eigenvalue weighted by atomic mass is 10.1. The van der Waals surface area contributed by atoms with Crippen LogP contribution in [0.1, 0.15) is 21.6 Å². The largest absolute Gasteiger partial charge is 0.396 e. The fraction of sp³-hybridized carbons (Fsp3) is 0.167. The number of hydrogen-bond donors (Lipinski definition) is 2. The first-order valence-electron chi connectivity index (χ1n) is 5.39. The lowest BCUT2D eigenvalue weighted by Crippen LogP contribution is -2.17. The van der Waals surface area contributed by atoms with Crippen LogP contribution < -0.4 is 11.1 Å². The molecule has 0 saturated carbocycles. The summed E-state index contributed by atoms with van der Waals surface area (Å²) in [5, 5.41) is 5.88. The van der Waals surface area contributed by atoms with Crippen LogP contribution in [-0.4, -0.2) is 11.1 Å². The number of nitrogens with one attached hydrogen (secondary N) is 1. The van der Waals surface area contributed by atoms with Crippen molar-refractivity contribution in [3.63, 3.8) is 0 Å². The molecule has 0 spiro atoms. The number of nitrogens with zero attached hydrogens (tertiary/aromatic N) is 1. The summed E-state index contributed by atoms with van der Waals surface area (Å²) >= 11 is 0. The molecule has 7 heteroatoms. The molecule has 1 amide bonds. The molecule has 2 aromatic rings. The van der Waals surface area contributed by atoms with Gasteiger partial charge in [-0.25, -0.2) is 8.78 Å². The highest BCUT2D eigenvalue weighted by molar-refractivity contribution is 6.04. The number of benzene rings is 1. The van der Waals surface area contributed by atoms with Crippen LogP contribution in [0.15, 0.2) is 16.7 Å². The van der Waals surface area contributed by atoms with Crippen molar-refractivity contribution in [2.24, 2.45) is 0 Å². The van der Waals surface area contributed by atoms with E-state index in [9.17, 15) is 13.6 Å². The van der Waals surface area contributed by atoms with Crippen molar-refractivity contribution >= 4 is 17.5 Å². The van der Waals surface area contributed by atoms with Gasteiger partial charge in [0.15, 0.2) is 5.82 Å². The van der Waals surface area contributed by atoms with E-state index in [2.05, 4.69) is 10.5 Å². The summed E-state index contributed by atoms with van der Waals surface area (Å²) in [6, 6.07) is 1.97. The minimum atomic E-state index is -1.11. The number of halogens is 2. The lowest BCUT2D eigenvalue weighted by molar-refractivity contribution is 0.101. The Morgan fingerprint density at radius 3 is 2.63 bits per heavy atom. The molecule has 100 valence electrons. The van der Waals surface area contributed by atoms with Crippen LogP contribution in [-0.2, 0) is 0 Å². The molecule has 0 aliphatic heterocycles. The average Bonchev–Trinajstić information content (AvgIpc) is 2.66. The fourth-order valence-corrected chi connectivity index (χ4v) is 1.47. The molecule has 0 aliphatic carbocycles. The highest BCUT2D eigenvalue weighted by Crippen LogP contribution is 2.22. The Morgan fingerprint density at radius 1 is 1.37 bits per heavy atom. The number of aromatic nitrogens is 1. The van der Waals surface area contributed by atoms with Crippen molar-refractivity contribution in [3.05, 3.63) is 40.6 Å². The third kappa shape index (κ3) is 2.26. The number of rotatable bonds is 2. The molecule has 0 unspecified atom stereocenters. The van der Waals surface area contributed by atoms with Gasteiger partial charge in [-0.3, -0.25) is 10.1 Å².